The second-order valence-electron chi connectivity index (χ2n) is 9.90. The summed E-state index contributed by atoms with van der Waals surface area (Å²) in [5.41, 5.74) is 0. The molecule has 3 aliphatic rings. The summed E-state index contributed by atoms with van der Waals surface area (Å²) in [5.74, 6) is 1.34. The van der Waals surface area contributed by atoms with Gasteiger partial charge in [-0.2, -0.15) is 0 Å². The van der Waals surface area contributed by atoms with Crippen molar-refractivity contribution in [3.8, 4) is 11.5 Å². The SMILES string of the molecule is COCCN1CCC(S(=O)(=O)N2CCC(Oc3ccc(OC(F)(F)F)cc3)CC2)CC1[C@H]1CC1C. The van der Waals surface area contributed by atoms with Crippen LogP contribution in [0.25, 0.3) is 0 Å². The normalized spacial score (nSPS) is 29.2. The highest BCUT2D eigenvalue weighted by Crippen LogP contribution is 2.46. The van der Waals surface area contributed by atoms with Crippen molar-refractivity contribution >= 4 is 10.0 Å². The number of likely N-dealkylation sites (tertiary alicyclic amines) is 1. The van der Waals surface area contributed by atoms with E-state index in [0.29, 0.717) is 69.0 Å². The van der Waals surface area contributed by atoms with Crippen molar-refractivity contribution in [1.82, 2.24) is 9.21 Å². The van der Waals surface area contributed by atoms with Gasteiger partial charge in [-0.15, -0.1) is 13.2 Å². The fourth-order valence-corrected chi connectivity index (χ4v) is 7.41. The van der Waals surface area contributed by atoms with Gasteiger partial charge in [0.2, 0.25) is 10.0 Å². The van der Waals surface area contributed by atoms with Crippen molar-refractivity contribution in [2.75, 3.05) is 39.9 Å². The zero-order valence-electron chi connectivity index (χ0n) is 20.2. The number of alkyl halides is 3. The molecule has 1 aromatic carbocycles. The number of hydrogen-bond donors (Lipinski definition) is 0. The molecule has 0 bridgehead atoms. The molecule has 1 aliphatic carbocycles. The van der Waals surface area contributed by atoms with Crippen LogP contribution in [0.15, 0.2) is 24.3 Å². The van der Waals surface area contributed by atoms with Crippen LogP contribution in [-0.2, 0) is 14.8 Å². The second-order valence-corrected chi connectivity index (χ2v) is 12.1. The summed E-state index contributed by atoms with van der Waals surface area (Å²) in [4.78, 5) is 2.41. The van der Waals surface area contributed by atoms with Crippen molar-refractivity contribution in [2.24, 2.45) is 11.8 Å². The van der Waals surface area contributed by atoms with Gasteiger partial charge in [0.15, 0.2) is 0 Å². The Balaban J connectivity index is 1.30. The highest BCUT2D eigenvalue weighted by molar-refractivity contribution is 7.89. The van der Waals surface area contributed by atoms with E-state index in [2.05, 4.69) is 16.6 Å². The van der Waals surface area contributed by atoms with Crippen LogP contribution in [0.5, 0.6) is 11.5 Å². The van der Waals surface area contributed by atoms with Crippen LogP contribution in [0.2, 0.25) is 0 Å². The summed E-state index contributed by atoms with van der Waals surface area (Å²) in [6, 6.07) is 5.57. The third kappa shape index (κ3) is 6.81. The third-order valence-electron chi connectivity index (χ3n) is 7.50. The summed E-state index contributed by atoms with van der Waals surface area (Å²) in [5, 5.41) is -0.363. The van der Waals surface area contributed by atoms with Gasteiger partial charge in [0.25, 0.3) is 0 Å². The van der Waals surface area contributed by atoms with E-state index in [1.165, 1.54) is 24.3 Å². The lowest BCUT2D eigenvalue weighted by molar-refractivity contribution is -0.274. The first-order valence-corrected chi connectivity index (χ1v) is 13.8. The Morgan fingerprint density at radius 1 is 1.00 bits per heavy atom. The summed E-state index contributed by atoms with van der Waals surface area (Å²) < 4.78 is 80.5. The van der Waals surface area contributed by atoms with E-state index in [4.69, 9.17) is 9.47 Å². The van der Waals surface area contributed by atoms with Crippen molar-refractivity contribution in [2.45, 2.75) is 62.8 Å². The van der Waals surface area contributed by atoms with Crippen LogP contribution < -0.4 is 9.47 Å². The third-order valence-corrected chi connectivity index (χ3v) is 9.86. The fourth-order valence-electron chi connectivity index (χ4n) is 5.43. The minimum atomic E-state index is -4.74. The number of ether oxygens (including phenoxy) is 3. The largest absolute Gasteiger partial charge is 0.573 e. The smallest absolute Gasteiger partial charge is 0.490 e. The topological polar surface area (TPSA) is 68.3 Å². The quantitative estimate of drug-likeness (QED) is 0.492. The summed E-state index contributed by atoms with van der Waals surface area (Å²) in [7, 11) is -1.72. The number of benzene rings is 1. The Morgan fingerprint density at radius 2 is 1.63 bits per heavy atom. The van der Waals surface area contributed by atoms with Crippen LogP contribution in [0.3, 0.4) is 0 Å². The second kappa shape index (κ2) is 10.8. The maximum atomic E-state index is 13.5. The van der Waals surface area contributed by atoms with E-state index in [-0.39, 0.29) is 17.1 Å². The molecular weight excluding hydrogens is 485 g/mol. The molecule has 0 radical (unpaired) electrons. The predicted octanol–water partition coefficient (Wildman–Crippen LogP) is 3.89. The van der Waals surface area contributed by atoms with Crippen molar-refractivity contribution in [1.29, 1.82) is 0 Å². The molecule has 0 N–H and O–H groups in total. The molecule has 1 saturated carbocycles. The average molecular weight is 521 g/mol. The summed E-state index contributed by atoms with van der Waals surface area (Å²) in [6.07, 6.45) is -1.39. The molecule has 0 spiro atoms. The molecule has 3 fully saturated rings. The Labute approximate surface area is 205 Å². The zero-order valence-corrected chi connectivity index (χ0v) is 21.1. The highest BCUT2D eigenvalue weighted by Gasteiger charge is 2.47. The summed E-state index contributed by atoms with van der Waals surface area (Å²) in [6.45, 7) is 5.27. The van der Waals surface area contributed by atoms with E-state index < -0.39 is 16.4 Å². The molecule has 198 valence electrons. The maximum absolute atomic E-state index is 13.5. The van der Waals surface area contributed by atoms with Gasteiger partial charge < -0.3 is 14.2 Å². The van der Waals surface area contributed by atoms with E-state index in [1.54, 1.807) is 11.4 Å². The molecule has 11 heteroatoms. The van der Waals surface area contributed by atoms with Gasteiger partial charge in [-0.3, -0.25) is 4.90 Å². The first-order chi connectivity index (χ1) is 16.6. The van der Waals surface area contributed by atoms with E-state index in [1.807, 2.05) is 0 Å². The molecule has 1 aromatic rings. The number of piperidine rings is 2. The van der Waals surface area contributed by atoms with Crippen molar-refractivity contribution in [3.63, 3.8) is 0 Å². The van der Waals surface area contributed by atoms with Crippen molar-refractivity contribution < 1.29 is 35.8 Å². The maximum Gasteiger partial charge on any atom is 0.573 e. The van der Waals surface area contributed by atoms with Crippen LogP contribution in [0.1, 0.15) is 39.0 Å². The molecule has 3 unspecified atom stereocenters. The van der Waals surface area contributed by atoms with Crippen LogP contribution in [0, 0.1) is 11.8 Å². The standard InChI is InChI=1S/C24H35F3N2O5S/c1-17-15-22(17)23-16-21(9-10-28(23)13-14-32-2)35(30,31)29-11-7-19(8-12-29)33-18-3-5-20(6-4-18)34-24(25,26)27/h3-6,17,19,21-23H,7-16H2,1-2H3/t17?,21?,22-,23?/m0/s1. The first kappa shape index (κ1) is 26.5. The molecular formula is C24H35F3N2O5S. The Morgan fingerprint density at radius 3 is 2.20 bits per heavy atom. The zero-order chi connectivity index (χ0) is 25.2. The Hall–Kier alpha value is -1.56. The number of nitrogens with zero attached hydrogens (tertiary/aromatic N) is 2. The van der Waals surface area contributed by atoms with Gasteiger partial charge in [-0.05, 0) is 74.8 Å². The minimum Gasteiger partial charge on any atom is -0.490 e. The Kier molecular flexibility index (Phi) is 8.19. The number of halogens is 3. The van der Waals surface area contributed by atoms with Gasteiger partial charge in [-0.25, -0.2) is 12.7 Å². The first-order valence-electron chi connectivity index (χ1n) is 12.3. The monoisotopic (exact) mass is 520 g/mol. The van der Waals surface area contributed by atoms with Gasteiger partial charge in [0, 0.05) is 32.8 Å². The van der Waals surface area contributed by atoms with E-state index in [9.17, 15) is 21.6 Å². The molecule has 4 atom stereocenters. The Bertz CT molecular complexity index is 935. The van der Waals surface area contributed by atoms with Crippen LogP contribution >= 0.6 is 0 Å². The molecule has 2 saturated heterocycles. The number of rotatable bonds is 9. The minimum absolute atomic E-state index is 0.188. The summed E-state index contributed by atoms with van der Waals surface area (Å²) >= 11 is 0. The van der Waals surface area contributed by atoms with Crippen molar-refractivity contribution in [3.05, 3.63) is 24.3 Å². The van der Waals surface area contributed by atoms with Crippen LogP contribution in [0.4, 0.5) is 13.2 Å². The number of hydrogen-bond acceptors (Lipinski definition) is 6. The predicted molar refractivity (Wildman–Crippen MR) is 125 cm³/mol. The highest BCUT2D eigenvalue weighted by atomic mass is 32.2. The number of methoxy groups -OCH3 is 1. The lowest BCUT2D eigenvalue weighted by Gasteiger charge is -2.42. The molecule has 0 amide bonds. The molecule has 7 nitrogen and oxygen atoms in total. The van der Waals surface area contributed by atoms with Gasteiger partial charge in [-0.1, -0.05) is 6.92 Å². The molecule has 0 aromatic heterocycles. The van der Waals surface area contributed by atoms with Gasteiger partial charge in [0.05, 0.1) is 11.9 Å². The average Bonchev–Trinajstić information content (AvgIpc) is 3.54. The molecule has 4 rings (SSSR count). The molecule has 35 heavy (non-hydrogen) atoms. The fraction of sp³-hybridized carbons (Fsp3) is 0.750. The van der Waals surface area contributed by atoms with E-state index in [0.717, 1.165) is 19.5 Å². The lowest BCUT2D eigenvalue weighted by Crippen LogP contribution is -2.53. The van der Waals surface area contributed by atoms with Crippen LogP contribution in [-0.4, -0.2) is 81.3 Å². The molecule has 2 heterocycles. The van der Waals surface area contributed by atoms with Gasteiger partial charge in [0.1, 0.15) is 17.6 Å². The molecule has 2 aliphatic heterocycles. The lowest BCUT2D eigenvalue weighted by atomic mass is 9.96. The van der Waals surface area contributed by atoms with E-state index >= 15 is 0 Å². The number of sulfonamides is 1. The van der Waals surface area contributed by atoms with Gasteiger partial charge >= 0.3 is 6.36 Å².